The van der Waals surface area contributed by atoms with Gasteiger partial charge in [-0.25, -0.2) is 0 Å². The smallest absolute Gasteiger partial charge is 0.266 e. The summed E-state index contributed by atoms with van der Waals surface area (Å²) in [4.78, 5) is 12.2. The van der Waals surface area contributed by atoms with E-state index in [1.165, 1.54) is 6.08 Å². The van der Waals surface area contributed by atoms with E-state index in [0.717, 1.165) is 16.9 Å². The van der Waals surface area contributed by atoms with Crippen LogP contribution in [-0.2, 0) is 4.79 Å². The molecule has 0 fully saturated rings. The Bertz CT molecular complexity index is 807. The first-order valence-corrected chi connectivity index (χ1v) is 7.24. The highest BCUT2D eigenvalue weighted by atomic mass is 35.5. The van der Waals surface area contributed by atoms with Crippen LogP contribution in [0, 0.1) is 18.3 Å². The van der Waals surface area contributed by atoms with E-state index in [1.807, 2.05) is 19.1 Å². The van der Waals surface area contributed by atoms with Crippen molar-refractivity contribution < 1.29 is 9.53 Å². The van der Waals surface area contributed by atoms with Gasteiger partial charge in [0.05, 0.1) is 7.11 Å². The van der Waals surface area contributed by atoms with Crippen molar-refractivity contribution in [2.75, 3.05) is 12.4 Å². The van der Waals surface area contributed by atoms with Crippen LogP contribution in [0.1, 0.15) is 11.1 Å². The lowest BCUT2D eigenvalue weighted by molar-refractivity contribution is -0.112. The second-order valence-corrected chi connectivity index (χ2v) is 5.30. The molecule has 5 heteroatoms. The molecule has 2 aromatic rings. The van der Waals surface area contributed by atoms with Crippen LogP contribution in [0.5, 0.6) is 5.75 Å². The number of benzene rings is 2. The minimum absolute atomic E-state index is 0.00884. The summed E-state index contributed by atoms with van der Waals surface area (Å²) in [6.07, 6.45) is 1.53. The molecule has 0 aliphatic heterocycles. The van der Waals surface area contributed by atoms with E-state index >= 15 is 0 Å². The number of methoxy groups -OCH3 is 1. The highest BCUT2D eigenvalue weighted by Gasteiger charge is 2.10. The molecule has 0 radical (unpaired) electrons. The summed E-state index contributed by atoms with van der Waals surface area (Å²) in [5.41, 5.74) is 2.22. The maximum atomic E-state index is 12.2. The van der Waals surface area contributed by atoms with Crippen molar-refractivity contribution in [3.05, 3.63) is 64.2 Å². The number of carbonyl (C=O) groups is 1. The fourth-order valence-corrected chi connectivity index (χ4v) is 2.26. The van der Waals surface area contributed by atoms with Crippen molar-refractivity contribution in [3.8, 4) is 11.8 Å². The van der Waals surface area contributed by atoms with E-state index in [-0.39, 0.29) is 5.57 Å². The molecule has 4 nitrogen and oxygen atoms in total. The highest BCUT2D eigenvalue weighted by molar-refractivity contribution is 6.31. The molecule has 23 heavy (non-hydrogen) atoms. The normalized spacial score (nSPS) is 10.8. The molecule has 0 aliphatic rings. The lowest BCUT2D eigenvalue weighted by Gasteiger charge is -2.06. The second kappa shape index (κ2) is 7.48. The molecule has 2 rings (SSSR count). The Morgan fingerprint density at radius 1 is 1.30 bits per heavy atom. The first-order valence-electron chi connectivity index (χ1n) is 6.87. The van der Waals surface area contributed by atoms with Gasteiger partial charge in [-0.05, 0) is 54.5 Å². The number of halogens is 1. The molecule has 0 heterocycles. The third-order valence-corrected chi connectivity index (χ3v) is 3.41. The van der Waals surface area contributed by atoms with Gasteiger partial charge in [0.1, 0.15) is 17.4 Å². The Kier molecular flexibility index (Phi) is 5.40. The standard InChI is InChI=1S/C18H15ClN2O2/c1-12-8-13(6-7-17(12)23-2)9-14(11-20)18(22)21-16-5-3-4-15(19)10-16/h3-10H,1-2H3,(H,21,22). The molecular weight excluding hydrogens is 312 g/mol. The summed E-state index contributed by atoms with van der Waals surface area (Å²) in [7, 11) is 1.59. The summed E-state index contributed by atoms with van der Waals surface area (Å²) in [6.45, 7) is 1.90. The summed E-state index contributed by atoms with van der Waals surface area (Å²) >= 11 is 5.87. The van der Waals surface area contributed by atoms with Gasteiger partial charge in [-0.15, -0.1) is 0 Å². The number of hydrogen-bond donors (Lipinski definition) is 1. The van der Waals surface area contributed by atoms with Crippen LogP contribution >= 0.6 is 11.6 Å². The van der Waals surface area contributed by atoms with E-state index in [9.17, 15) is 10.1 Å². The zero-order valence-corrected chi connectivity index (χ0v) is 13.5. The zero-order chi connectivity index (χ0) is 16.8. The first-order chi connectivity index (χ1) is 11.0. The molecule has 0 spiro atoms. The molecule has 0 atom stereocenters. The van der Waals surface area contributed by atoms with Crippen LogP contribution in [0.3, 0.4) is 0 Å². The van der Waals surface area contributed by atoms with Gasteiger partial charge in [0.2, 0.25) is 0 Å². The summed E-state index contributed by atoms with van der Waals surface area (Å²) in [5, 5.41) is 12.4. The molecule has 0 unspecified atom stereocenters. The third-order valence-electron chi connectivity index (χ3n) is 3.18. The summed E-state index contributed by atoms with van der Waals surface area (Å²) < 4.78 is 5.19. The van der Waals surface area contributed by atoms with Gasteiger partial charge in [-0.2, -0.15) is 5.26 Å². The van der Waals surface area contributed by atoms with E-state index in [0.29, 0.717) is 10.7 Å². The minimum atomic E-state index is -0.483. The third kappa shape index (κ3) is 4.35. The van der Waals surface area contributed by atoms with Crippen LogP contribution < -0.4 is 10.1 Å². The van der Waals surface area contributed by atoms with E-state index in [2.05, 4.69) is 5.32 Å². The summed E-state index contributed by atoms with van der Waals surface area (Å²) in [5.74, 6) is 0.271. The Morgan fingerprint density at radius 3 is 2.70 bits per heavy atom. The lowest BCUT2D eigenvalue weighted by atomic mass is 10.1. The molecule has 1 N–H and O–H groups in total. The number of anilines is 1. The maximum Gasteiger partial charge on any atom is 0.266 e. The average Bonchev–Trinajstić information content (AvgIpc) is 2.52. The predicted octanol–water partition coefficient (Wildman–Crippen LogP) is 4.20. The van der Waals surface area contributed by atoms with Gasteiger partial charge in [-0.1, -0.05) is 23.7 Å². The maximum absolute atomic E-state index is 12.2. The molecule has 0 saturated carbocycles. The highest BCUT2D eigenvalue weighted by Crippen LogP contribution is 2.21. The van der Waals surface area contributed by atoms with Crippen molar-refractivity contribution in [1.82, 2.24) is 0 Å². The van der Waals surface area contributed by atoms with Gasteiger partial charge in [0, 0.05) is 10.7 Å². The van der Waals surface area contributed by atoms with E-state index in [4.69, 9.17) is 16.3 Å². The Labute approximate surface area is 140 Å². The Hall–Kier alpha value is -2.77. The number of hydrogen-bond acceptors (Lipinski definition) is 3. The largest absolute Gasteiger partial charge is 0.496 e. The quantitative estimate of drug-likeness (QED) is 0.676. The fourth-order valence-electron chi connectivity index (χ4n) is 2.07. The van der Waals surface area contributed by atoms with Gasteiger partial charge < -0.3 is 10.1 Å². The number of ether oxygens (including phenoxy) is 1. The van der Waals surface area contributed by atoms with Crippen LogP contribution in [0.4, 0.5) is 5.69 Å². The molecule has 0 saturated heterocycles. The number of rotatable bonds is 4. The van der Waals surface area contributed by atoms with Gasteiger partial charge in [0.15, 0.2) is 0 Å². The van der Waals surface area contributed by atoms with Crippen LogP contribution in [0.15, 0.2) is 48.0 Å². The molecular formula is C18H15ClN2O2. The molecule has 0 aliphatic carbocycles. The van der Waals surface area contributed by atoms with Crippen molar-refractivity contribution in [2.24, 2.45) is 0 Å². The van der Waals surface area contributed by atoms with Gasteiger partial charge in [-0.3, -0.25) is 4.79 Å². The Morgan fingerprint density at radius 2 is 2.09 bits per heavy atom. The Balaban J connectivity index is 2.23. The number of amides is 1. The number of aryl methyl sites for hydroxylation is 1. The number of carbonyl (C=O) groups excluding carboxylic acids is 1. The van der Waals surface area contributed by atoms with Crippen molar-refractivity contribution in [3.63, 3.8) is 0 Å². The number of nitrogens with zero attached hydrogens (tertiary/aromatic N) is 1. The van der Waals surface area contributed by atoms with Crippen LogP contribution in [-0.4, -0.2) is 13.0 Å². The average molecular weight is 327 g/mol. The topological polar surface area (TPSA) is 62.1 Å². The van der Waals surface area contributed by atoms with Crippen molar-refractivity contribution in [1.29, 1.82) is 5.26 Å². The van der Waals surface area contributed by atoms with Crippen LogP contribution in [0.25, 0.3) is 6.08 Å². The van der Waals surface area contributed by atoms with Crippen LogP contribution in [0.2, 0.25) is 5.02 Å². The fraction of sp³-hybridized carbons (Fsp3) is 0.111. The van der Waals surface area contributed by atoms with Crippen molar-refractivity contribution >= 4 is 29.3 Å². The first kappa shape index (κ1) is 16.6. The van der Waals surface area contributed by atoms with E-state index in [1.54, 1.807) is 43.5 Å². The zero-order valence-electron chi connectivity index (χ0n) is 12.8. The van der Waals surface area contributed by atoms with Gasteiger partial charge >= 0.3 is 0 Å². The van der Waals surface area contributed by atoms with E-state index < -0.39 is 5.91 Å². The monoisotopic (exact) mass is 326 g/mol. The summed E-state index contributed by atoms with van der Waals surface area (Å²) in [6, 6.07) is 14.1. The molecule has 0 bridgehead atoms. The molecule has 2 aromatic carbocycles. The minimum Gasteiger partial charge on any atom is -0.496 e. The molecule has 116 valence electrons. The number of nitriles is 1. The predicted molar refractivity (Wildman–Crippen MR) is 91.4 cm³/mol. The number of nitrogens with one attached hydrogen (secondary N) is 1. The second-order valence-electron chi connectivity index (χ2n) is 4.86. The lowest BCUT2D eigenvalue weighted by Crippen LogP contribution is -2.13. The SMILES string of the molecule is COc1ccc(C=C(C#N)C(=O)Nc2cccc(Cl)c2)cc1C. The molecule has 0 aromatic heterocycles. The van der Waals surface area contributed by atoms with Crippen molar-refractivity contribution in [2.45, 2.75) is 6.92 Å². The van der Waals surface area contributed by atoms with Gasteiger partial charge in [0.25, 0.3) is 5.91 Å². The molecule has 1 amide bonds.